The molecule has 0 saturated heterocycles. The molecule has 0 aliphatic rings. The van der Waals surface area contributed by atoms with E-state index in [-0.39, 0.29) is 17.0 Å². The molecule has 0 fully saturated rings. The third-order valence-electron chi connectivity index (χ3n) is 5.14. The summed E-state index contributed by atoms with van der Waals surface area (Å²) in [6, 6.07) is 16.5. The van der Waals surface area contributed by atoms with Crippen LogP contribution >= 0.6 is 0 Å². The van der Waals surface area contributed by atoms with E-state index in [1.807, 2.05) is 35.9 Å². The second kappa shape index (κ2) is 7.60. The number of aromatic nitrogens is 5. The molecule has 0 atom stereocenters. The van der Waals surface area contributed by atoms with Crippen molar-refractivity contribution in [2.45, 2.75) is 19.6 Å². The molecule has 32 heavy (non-hydrogen) atoms. The normalized spacial score (nSPS) is 11.9. The summed E-state index contributed by atoms with van der Waals surface area (Å²) in [4.78, 5) is 13.0. The molecule has 5 aromatic rings. The maximum Gasteiger partial charge on any atom is 0.417 e. The number of rotatable bonds is 4. The highest BCUT2D eigenvalue weighted by atomic mass is 19.4. The van der Waals surface area contributed by atoms with Gasteiger partial charge in [0.25, 0.3) is 0 Å². The molecule has 0 saturated carbocycles. The molecule has 3 heterocycles. The van der Waals surface area contributed by atoms with Gasteiger partial charge in [-0.2, -0.15) is 18.3 Å². The van der Waals surface area contributed by atoms with Crippen molar-refractivity contribution < 1.29 is 13.2 Å². The molecule has 9 heteroatoms. The number of anilines is 2. The van der Waals surface area contributed by atoms with Gasteiger partial charge in [-0.05, 0) is 37.3 Å². The van der Waals surface area contributed by atoms with Gasteiger partial charge in [-0.25, -0.2) is 15.0 Å². The fraction of sp³-hybridized carbons (Fsp3) is 0.130. The van der Waals surface area contributed by atoms with Gasteiger partial charge in [0, 0.05) is 23.7 Å². The van der Waals surface area contributed by atoms with Crippen LogP contribution in [0.5, 0.6) is 0 Å². The number of fused-ring (bicyclic) bond motifs is 2. The molecule has 6 nitrogen and oxygen atoms in total. The number of nitrogens with zero attached hydrogens (tertiary/aromatic N) is 5. The first-order valence-corrected chi connectivity index (χ1v) is 9.97. The lowest BCUT2D eigenvalue weighted by Gasteiger charge is -2.13. The van der Waals surface area contributed by atoms with Gasteiger partial charge in [0.15, 0.2) is 17.3 Å². The highest BCUT2D eigenvalue weighted by Gasteiger charge is 2.34. The Bertz CT molecular complexity index is 1440. The first-order valence-electron chi connectivity index (χ1n) is 9.97. The van der Waals surface area contributed by atoms with Crippen LogP contribution in [-0.2, 0) is 12.7 Å². The molecule has 0 bridgehead atoms. The number of pyridine rings is 1. The highest BCUT2D eigenvalue weighted by molar-refractivity contribution is 5.96. The van der Waals surface area contributed by atoms with Crippen LogP contribution in [0.2, 0.25) is 0 Å². The van der Waals surface area contributed by atoms with Gasteiger partial charge in [-0.3, -0.25) is 4.68 Å². The van der Waals surface area contributed by atoms with Crippen LogP contribution < -0.4 is 5.32 Å². The molecular weight excluding hydrogens is 417 g/mol. The van der Waals surface area contributed by atoms with E-state index in [1.54, 1.807) is 18.3 Å². The van der Waals surface area contributed by atoms with E-state index in [0.29, 0.717) is 23.6 Å². The van der Waals surface area contributed by atoms with E-state index in [9.17, 15) is 13.2 Å². The summed E-state index contributed by atoms with van der Waals surface area (Å²) in [6.45, 7) is 2.65. The summed E-state index contributed by atoms with van der Waals surface area (Å²) in [6.07, 6.45) is -3.00. The number of nitrogens with one attached hydrogen (secondary N) is 1. The van der Waals surface area contributed by atoms with Crippen molar-refractivity contribution in [1.82, 2.24) is 24.7 Å². The molecule has 1 N–H and O–H groups in total. The molecule has 0 spiro atoms. The summed E-state index contributed by atoms with van der Waals surface area (Å²) in [7, 11) is 0. The number of halogens is 3. The maximum atomic E-state index is 13.6. The minimum Gasteiger partial charge on any atom is -0.322 e. The second-order valence-corrected chi connectivity index (χ2v) is 7.12. The summed E-state index contributed by atoms with van der Waals surface area (Å²) >= 11 is 0. The molecular formula is C23H17F3N6. The largest absolute Gasteiger partial charge is 0.417 e. The first kappa shape index (κ1) is 19.9. The topological polar surface area (TPSA) is 68.5 Å². The molecule has 2 aromatic carbocycles. The van der Waals surface area contributed by atoms with Crippen LogP contribution in [0.25, 0.3) is 33.3 Å². The van der Waals surface area contributed by atoms with Crippen molar-refractivity contribution >= 4 is 33.6 Å². The van der Waals surface area contributed by atoms with E-state index < -0.39 is 11.7 Å². The molecule has 0 radical (unpaired) electrons. The Morgan fingerprint density at radius 2 is 1.62 bits per heavy atom. The molecule has 0 aliphatic carbocycles. The van der Waals surface area contributed by atoms with Crippen LogP contribution in [0.4, 0.5) is 24.8 Å². The average Bonchev–Trinajstić information content (AvgIpc) is 3.16. The van der Waals surface area contributed by atoms with Crippen molar-refractivity contribution in [2.75, 3.05) is 5.32 Å². The zero-order valence-corrected chi connectivity index (χ0v) is 16.9. The number of para-hydroxylation sites is 1. The monoisotopic (exact) mass is 434 g/mol. The Kier molecular flexibility index (Phi) is 4.73. The minimum atomic E-state index is -4.54. The Morgan fingerprint density at radius 1 is 0.875 bits per heavy atom. The second-order valence-electron chi connectivity index (χ2n) is 7.12. The predicted molar refractivity (Wildman–Crippen MR) is 116 cm³/mol. The fourth-order valence-electron chi connectivity index (χ4n) is 3.68. The van der Waals surface area contributed by atoms with Crippen LogP contribution in [-0.4, -0.2) is 24.7 Å². The van der Waals surface area contributed by atoms with Crippen LogP contribution in [0.15, 0.2) is 66.9 Å². The lowest BCUT2D eigenvalue weighted by molar-refractivity contribution is -0.137. The number of alkyl halides is 3. The Labute approximate surface area is 180 Å². The number of hydrogen-bond donors (Lipinski definition) is 1. The molecule has 160 valence electrons. The van der Waals surface area contributed by atoms with Gasteiger partial charge >= 0.3 is 6.18 Å². The minimum absolute atomic E-state index is 0.0640. The van der Waals surface area contributed by atoms with Crippen LogP contribution in [0, 0.1) is 0 Å². The van der Waals surface area contributed by atoms with Crippen LogP contribution in [0.1, 0.15) is 12.5 Å². The van der Waals surface area contributed by atoms with E-state index in [1.165, 1.54) is 18.2 Å². The van der Waals surface area contributed by atoms with Crippen molar-refractivity contribution in [1.29, 1.82) is 0 Å². The van der Waals surface area contributed by atoms with Gasteiger partial charge in [0.05, 0.1) is 16.5 Å². The number of benzene rings is 2. The van der Waals surface area contributed by atoms with Crippen molar-refractivity contribution in [3.63, 3.8) is 0 Å². The quantitative estimate of drug-likeness (QED) is 0.386. The lowest BCUT2D eigenvalue weighted by atomic mass is 10.1. The van der Waals surface area contributed by atoms with Crippen molar-refractivity contribution in [3.05, 3.63) is 72.4 Å². The molecule has 0 aliphatic heterocycles. The van der Waals surface area contributed by atoms with E-state index in [0.717, 1.165) is 17.0 Å². The highest BCUT2D eigenvalue weighted by Crippen LogP contribution is 2.37. The van der Waals surface area contributed by atoms with Crippen molar-refractivity contribution in [3.8, 4) is 11.4 Å². The zero-order valence-electron chi connectivity index (χ0n) is 16.9. The zero-order chi connectivity index (χ0) is 22.3. The summed E-state index contributed by atoms with van der Waals surface area (Å²) in [5, 5.41) is 9.28. The summed E-state index contributed by atoms with van der Waals surface area (Å²) in [5.74, 6) is 0.828. The molecule has 5 rings (SSSR count). The summed E-state index contributed by atoms with van der Waals surface area (Å²) < 4.78 is 42.7. The Hall–Kier alpha value is -4.01. The Morgan fingerprint density at radius 3 is 2.44 bits per heavy atom. The Balaban J connectivity index is 1.71. The number of aryl methyl sites for hydroxylation is 1. The smallest absolute Gasteiger partial charge is 0.322 e. The SMILES string of the molecule is CCn1nc(Nc2nc(-c3ccccc3C(F)(F)F)nc3ncccc23)c2ccccc21. The number of hydrogen-bond acceptors (Lipinski definition) is 5. The first-order chi connectivity index (χ1) is 15.5. The third-order valence-corrected chi connectivity index (χ3v) is 5.14. The lowest BCUT2D eigenvalue weighted by Crippen LogP contribution is -2.09. The molecule has 0 unspecified atom stereocenters. The van der Waals surface area contributed by atoms with Gasteiger partial charge in [0.1, 0.15) is 5.82 Å². The average molecular weight is 434 g/mol. The predicted octanol–water partition coefficient (Wildman–Crippen LogP) is 5.82. The summed E-state index contributed by atoms with van der Waals surface area (Å²) in [5.41, 5.74) is 0.314. The van der Waals surface area contributed by atoms with Gasteiger partial charge < -0.3 is 5.32 Å². The van der Waals surface area contributed by atoms with E-state index in [4.69, 9.17) is 0 Å². The third kappa shape index (κ3) is 3.41. The van der Waals surface area contributed by atoms with E-state index >= 15 is 0 Å². The maximum absolute atomic E-state index is 13.6. The van der Waals surface area contributed by atoms with E-state index in [2.05, 4.69) is 25.4 Å². The van der Waals surface area contributed by atoms with Gasteiger partial charge in [-0.15, -0.1) is 0 Å². The van der Waals surface area contributed by atoms with Gasteiger partial charge in [0.2, 0.25) is 0 Å². The van der Waals surface area contributed by atoms with Crippen molar-refractivity contribution in [2.24, 2.45) is 0 Å². The molecule has 3 aromatic heterocycles. The van der Waals surface area contributed by atoms with Crippen LogP contribution in [0.3, 0.4) is 0 Å². The fourth-order valence-corrected chi connectivity index (χ4v) is 3.68. The van der Waals surface area contributed by atoms with Gasteiger partial charge in [-0.1, -0.05) is 30.3 Å². The standard InChI is InChI=1S/C23H17F3N6/c1-2-32-18-12-6-4-9-15(18)22(31-32)30-21-16-10-7-13-27-19(16)28-20(29-21)14-8-3-5-11-17(14)23(24,25)26/h3-13H,2H2,1H3,(H,27,28,29,30,31). The molecule has 0 amide bonds.